The molecule has 6 heteroatoms. The van der Waals surface area contributed by atoms with E-state index in [9.17, 15) is 4.79 Å². The molecule has 0 aliphatic heterocycles. The molecule has 0 fully saturated rings. The fraction of sp³-hybridized carbons (Fsp3) is 0.0357. The van der Waals surface area contributed by atoms with Crippen LogP contribution in [-0.2, 0) is 9.53 Å². The van der Waals surface area contributed by atoms with Gasteiger partial charge in [0.15, 0.2) is 23.0 Å². The second-order valence-electron chi connectivity index (χ2n) is 6.53. The number of hydrogen-bond acceptors (Lipinski definition) is 6. The highest BCUT2D eigenvalue weighted by molar-refractivity contribution is 5.90. The van der Waals surface area contributed by atoms with Crippen LogP contribution < -0.4 is 18.9 Å². The summed E-state index contributed by atoms with van der Waals surface area (Å²) in [6.45, 7) is 19.5. The van der Waals surface area contributed by atoms with Gasteiger partial charge in [0.25, 0.3) is 0 Å². The molecule has 0 saturated carbocycles. The van der Waals surface area contributed by atoms with Crippen molar-refractivity contribution in [3.8, 4) is 23.0 Å². The molecule has 174 valence electrons. The van der Waals surface area contributed by atoms with Crippen LogP contribution in [0.15, 0.2) is 100 Å². The van der Waals surface area contributed by atoms with Crippen molar-refractivity contribution in [2.24, 2.45) is 0 Å². The summed E-state index contributed by atoms with van der Waals surface area (Å²) in [6, 6.07) is 8.82. The molecule has 0 radical (unpaired) electrons. The summed E-state index contributed by atoms with van der Waals surface area (Å²) in [7, 11) is 0. The molecule has 0 aliphatic rings. The van der Waals surface area contributed by atoms with Crippen molar-refractivity contribution >= 4 is 24.2 Å². The lowest BCUT2D eigenvalue weighted by Crippen LogP contribution is -1.98. The molecule has 0 aliphatic carbocycles. The predicted molar refractivity (Wildman–Crippen MR) is 135 cm³/mol. The first kappa shape index (κ1) is 25.5. The molecule has 0 atom stereocenters. The van der Waals surface area contributed by atoms with Crippen molar-refractivity contribution in [2.45, 2.75) is 6.92 Å². The predicted octanol–water partition coefficient (Wildman–Crippen LogP) is 7.04. The first-order valence-corrected chi connectivity index (χ1v) is 10.1. The van der Waals surface area contributed by atoms with Crippen LogP contribution in [0.1, 0.15) is 23.6 Å². The molecule has 0 spiro atoms. The summed E-state index contributed by atoms with van der Waals surface area (Å²) in [6.07, 6.45) is 11.7. The molecule has 2 rings (SSSR count). The second-order valence-corrected chi connectivity index (χ2v) is 6.53. The zero-order chi connectivity index (χ0) is 24.9. The van der Waals surface area contributed by atoms with Crippen LogP contribution in [0, 0.1) is 0 Å². The molecule has 6 nitrogen and oxygen atoms in total. The Morgan fingerprint density at radius 2 is 1.38 bits per heavy atom. The summed E-state index contributed by atoms with van der Waals surface area (Å²) < 4.78 is 26.9. The molecule has 34 heavy (non-hydrogen) atoms. The van der Waals surface area contributed by atoms with E-state index in [-0.39, 0.29) is 0 Å². The second kappa shape index (κ2) is 13.0. The van der Waals surface area contributed by atoms with Crippen molar-refractivity contribution < 1.29 is 28.5 Å². The maximum atomic E-state index is 12.0. The third-order valence-corrected chi connectivity index (χ3v) is 4.11. The largest absolute Gasteiger partial charge is 0.462 e. The van der Waals surface area contributed by atoms with Crippen molar-refractivity contribution in [3.05, 3.63) is 117 Å². The summed E-state index contributed by atoms with van der Waals surface area (Å²) in [5.74, 6) is 1.50. The lowest BCUT2D eigenvalue weighted by atomic mass is 10.0. The average molecular weight is 459 g/mol. The first-order chi connectivity index (χ1) is 16.4. The van der Waals surface area contributed by atoms with Gasteiger partial charge in [-0.3, -0.25) is 0 Å². The van der Waals surface area contributed by atoms with Gasteiger partial charge in [0.05, 0.1) is 30.8 Å². The van der Waals surface area contributed by atoms with Crippen LogP contribution in [0.25, 0.3) is 18.2 Å². The van der Waals surface area contributed by atoms with Crippen molar-refractivity contribution in [1.82, 2.24) is 0 Å². The third-order valence-electron chi connectivity index (χ3n) is 4.11. The Morgan fingerprint density at radius 1 is 0.765 bits per heavy atom. The minimum absolute atomic E-state index is 0.293. The molecule has 2 aromatic rings. The van der Waals surface area contributed by atoms with E-state index in [0.29, 0.717) is 39.9 Å². The zero-order valence-corrected chi connectivity index (χ0v) is 19.0. The van der Waals surface area contributed by atoms with Crippen LogP contribution in [0.4, 0.5) is 0 Å². The first-order valence-electron chi connectivity index (χ1n) is 10.1. The van der Waals surface area contributed by atoms with E-state index in [2.05, 4.69) is 32.9 Å². The average Bonchev–Trinajstić information content (AvgIpc) is 2.80. The number of esters is 1. The smallest absolute Gasteiger partial charge is 0.335 e. The van der Waals surface area contributed by atoms with Gasteiger partial charge in [0.2, 0.25) is 0 Å². The number of allylic oxidation sites excluding steroid dienone is 1. The van der Waals surface area contributed by atoms with Gasteiger partial charge < -0.3 is 23.7 Å². The number of hydrogen-bond donors (Lipinski definition) is 0. The van der Waals surface area contributed by atoms with E-state index in [0.717, 1.165) is 5.56 Å². The van der Waals surface area contributed by atoms with Crippen molar-refractivity contribution in [2.75, 3.05) is 0 Å². The highest BCUT2D eigenvalue weighted by atomic mass is 16.5. The lowest BCUT2D eigenvalue weighted by Gasteiger charge is -2.13. The fourth-order valence-electron chi connectivity index (χ4n) is 2.84. The highest BCUT2D eigenvalue weighted by Gasteiger charge is 2.13. The Kier molecular flexibility index (Phi) is 9.75. The quantitative estimate of drug-likeness (QED) is 0.139. The highest BCUT2D eigenvalue weighted by Crippen LogP contribution is 2.37. The van der Waals surface area contributed by atoms with Gasteiger partial charge in [-0.05, 0) is 48.4 Å². The van der Waals surface area contributed by atoms with Crippen molar-refractivity contribution in [1.29, 1.82) is 0 Å². The van der Waals surface area contributed by atoms with E-state index >= 15 is 0 Å². The fourth-order valence-corrected chi connectivity index (χ4v) is 2.84. The van der Waals surface area contributed by atoms with Gasteiger partial charge in [0.1, 0.15) is 0 Å². The number of carbonyl (C=O) groups is 1. The molecular weight excluding hydrogens is 432 g/mol. The normalized spacial score (nSPS) is 10.4. The lowest BCUT2D eigenvalue weighted by molar-refractivity contribution is -0.133. The van der Waals surface area contributed by atoms with Crippen molar-refractivity contribution in [3.63, 3.8) is 0 Å². The Labute approximate surface area is 199 Å². The number of ether oxygens (including phenoxy) is 5. The monoisotopic (exact) mass is 458 g/mol. The summed E-state index contributed by atoms with van der Waals surface area (Å²) in [5, 5.41) is 0. The minimum atomic E-state index is -0.552. The van der Waals surface area contributed by atoms with E-state index < -0.39 is 5.97 Å². The number of benzene rings is 2. The molecule has 0 amide bonds. The maximum Gasteiger partial charge on any atom is 0.335 e. The van der Waals surface area contributed by atoms with Gasteiger partial charge in [0, 0.05) is 11.6 Å². The van der Waals surface area contributed by atoms with Crippen LogP contribution in [0.3, 0.4) is 0 Å². The Balaban J connectivity index is 2.57. The number of rotatable bonds is 13. The molecule has 0 saturated heterocycles. The molecule has 0 unspecified atom stereocenters. The van der Waals surface area contributed by atoms with E-state index in [1.54, 1.807) is 43.3 Å². The Morgan fingerprint density at radius 3 is 2.03 bits per heavy atom. The molecule has 0 N–H and O–H groups in total. The topological polar surface area (TPSA) is 63.2 Å². The van der Waals surface area contributed by atoms with Gasteiger partial charge in [-0.1, -0.05) is 51.1 Å². The maximum absolute atomic E-state index is 12.0. The standard InChI is InChI=1S/C28H26O6/c1-7-30-24-16-12-21(19-26(24)32-9-3)11-15-23-22(14-18-27(29)34-20(5)6)13-17-25(31-8-2)28(23)33-10-4/h7-19H,1-5H2,6H3/b15-11+,18-14+. The molecule has 0 bridgehead atoms. The van der Waals surface area contributed by atoms with E-state index in [1.165, 1.54) is 31.1 Å². The third kappa shape index (κ3) is 7.17. The minimum Gasteiger partial charge on any atom is -0.462 e. The molecular formula is C28H26O6. The van der Waals surface area contributed by atoms with Gasteiger partial charge in [-0.25, -0.2) is 4.79 Å². The summed E-state index contributed by atoms with van der Waals surface area (Å²) in [4.78, 5) is 12.0. The summed E-state index contributed by atoms with van der Waals surface area (Å²) >= 11 is 0. The van der Waals surface area contributed by atoms with Crippen LogP contribution in [-0.4, -0.2) is 5.97 Å². The molecule has 0 heterocycles. The molecule has 2 aromatic carbocycles. The van der Waals surface area contributed by atoms with Crippen LogP contribution in [0.5, 0.6) is 23.0 Å². The van der Waals surface area contributed by atoms with E-state index in [1.807, 2.05) is 12.1 Å². The van der Waals surface area contributed by atoms with Gasteiger partial charge in [-0.2, -0.15) is 0 Å². The van der Waals surface area contributed by atoms with Crippen LogP contribution >= 0.6 is 0 Å². The molecule has 0 aromatic heterocycles. The Hall–Kier alpha value is -4.71. The van der Waals surface area contributed by atoms with Gasteiger partial charge in [-0.15, -0.1) is 0 Å². The van der Waals surface area contributed by atoms with Crippen LogP contribution in [0.2, 0.25) is 0 Å². The number of carbonyl (C=O) groups excluding carboxylic acids is 1. The zero-order valence-electron chi connectivity index (χ0n) is 19.0. The van der Waals surface area contributed by atoms with E-state index in [4.69, 9.17) is 23.7 Å². The SMILES string of the molecule is C=COc1ccc(/C=C/c2c(/C=C/C(=O)OC(=C)C)ccc(OC=C)c2OC=C)cc1OC=C. The summed E-state index contributed by atoms with van der Waals surface area (Å²) in [5.41, 5.74) is 2.08. The van der Waals surface area contributed by atoms with Gasteiger partial charge >= 0.3 is 5.97 Å². The Bertz CT molecular complexity index is 1150.